The van der Waals surface area contributed by atoms with E-state index >= 15 is 0 Å². The number of hydrogen-bond donors (Lipinski definition) is 0. The van der Waals surface area contributed by atoms with Crippen LogP contribution in [0.25, 0.3) is 110 Å². The second-order valence-corrected chi connectivity index (χ2v) is 14.7. The van der Waals surface area contributed by atoms with Gasteiger partial charge in [0.15, 0.2) is 17.5 Å². The third kappa shape index (κ3) is 5.44. The highest BCUT2D eigenvalue weighted by atomic mass is 32.1. The minimum absolute atomic E-state index is 0.544. The van der Waals surface area contributed by atoms with E-state index < -0.39 is 0 Å². The minimum atomic E-state index is 0.544. The molecule has 0 aliphatic carbocycles. The third-order valence-electron chi connectivity index (χ3n) is 10.3. The monoisotopic (exact) mass is 735 g/mol. The van der Waals surface area contributed by atoms with Crippen molar-refractivity contribution in [3.8, 4) is 67.7 Å². The van der Waals surface area contributed by atoms with Crippen LogP contribution in [0.1, 0.15) is 0 Å². The SMILES string of the molecule is c1ccc(-c2ccc3oc4c(-c5nc(-c6ccccc6)nc(-c6ccc(-c7ccncn7)c7c6sc6ccc(-c8ccccc8)cc67)n5)cccc4c3c2)cc1. The molecule has 0 aliphatic heterocycles. The summed E-state index contributed by atoms with van der Waals surface area (Å²) in [6, 6.07) is 56.5. The van der Waals surface area contributed by atoms with Crippen LogP contribution in [0.15, 0.2) is 181 Å². The highest BCUT2D eigenvalue weighted by molar-refractivity contribution is 7.26. The summed E-state index contributed by atoms with van der Waals surface area (Å²) >= 11 is 1.74. The molecule has 4 aromatic heterocycles. The molecule has 56 heavy (non-hydrogen) atoms. The van der Waals surface area contributed by atoms with Gasteiger partial charge in [-0.2, -0.15) is 0 Å². The molecule has 0 atom stereocenters. The van der Waals surface area contributed by atoms with Crippen LogP contribution >= 0.6 is 11.3 Å². The van der Waals surface area contributed by atoms with Crippen molar-refractivity contribution >= 4 is 53.4 Å². The molecule has 11 aromatic rings. The summed E-state index contributed by atoms with van der Waals surface area (Å²) in [5, 5.41) is 4.31. The van der Waals surface area contributed by atoms with Gasteiger partial charge < -0.3 is 4.42 Å². The van der Waals surface area contributed by atoms with Gasteiger partial charge in [-0.05, 0) is 64.7 Å². The van der Waals surface area contributed by atoms with E-state index in [0.29, 0.717) is 17.5 Å². The van der Waals surface area contributed by atoms with Gasteiger partial charge in [-0.3, -0.25) is 0 Å². The molecule has 0 spiro atoms. The molecule has 7 heteroatoms. The number of thiophene rings is 1. The maximum absolute atomic E-state index is 6.63. The Morgan fingerprint density at radius 3 is 1.80 bits per heavy atom. The summed E-state index contributed by atoms with van der Waals surface area (Å²) in [4.78, 5) is 24.5. The number of nitrogens with zero attached hydrogens (tertiary/aromatic N) is 5. The predicted octanol–water partition coefficient (Wildman–Crippen LogP) is 12.9. The van der Waals surface area contributed by atoms with Gasteiger partial charge in [0.2, 0.25) is 0 Å². The molecule has 0 unspecified atom stereocenters. The predicted molar refractivity (Wildman–Crippen MR) is 228 cm³/mol. The zero-order valence-corrected chi connectivity index (χ0v) is 30.6. The standard InChI is InChI=1S/C49H29N5OS/c1-4-11-30(12-5-1)33-19-23-42-39(27-33)35-17-10-18-37(45(35)55-42)48-52-47(32-15-8-3-9-16-32)53-49(54-48)38-22-21-36(41-25-26-50-29-51-41)44-40-28-34(31-13-6-2-7-14-31)20-24-43(40)56-46(38)44/h1-29H. The third-order valence-corrected chi connectivity index (χ3v) is 11.5. The largest absolute Gasteiger partial charge is 0.455 e. The number of rotatable bonds is 6. The Labute approximate surface area is 325 Å². The lowest BCUT2D eigenvalue weighted by Gasteiger charge is -2.11. The molecule has 6 nitrogen and oxygen atoms in total. The highest BCUT2D eigenvalue weighted by Gasteiger charge is 2.22. The molecule has 0 radical (unpaired) electrons. The van der Waals surface area contributed by atoms with Crippen molar-refractivity contribution in [2.24, 2.45) is 0 Å². The number of para-hydroxylation sites is 1. The molecule has 4 heterocycles. The zero-order chi connectivity index (χ0) is 37.0. The Kier molecular flexibility index (Phi) is 7.57. The molecular weight excluding hydrogens is 707 g/mol. The molecule has 11 rings (SSSR count). The summed E-state index contributed by atoms with van der Waals surface area (Å²) in [7, 11) is 0. The zero-order valence-electron chi connectivity index (χ0n) is 29.8. The van der Waals surface area contributed by atoms with Crippen molar-refractivity contribution < 1.29 is 4.42 Å². The van der Waals surface area contributed by atoms with E-state index in [1.165, 1.54) is 10.3 Å². The lowest BCUT2D eigenvalue weighted by molar-refractivity contribution is 0.669. The number of benzene rings is 7. The van der Waals surface area contributed by atoms with E-state index in [0.717, 1.165) is 82.0 Å². The van der Waals surface area contributed by atoms with Crippen LogP contribution < -0.4 is 0 Å². The van der Waals surface area contributed by atoms with Crippen LogP contribution in [0.4, 0.5) is 0 Å². The molecule has 0 saturated heterocycles. The van der Waals surface area contributed by atoms with Crippen LogP contribution in [0.2, 0.25) is 0 Å². The molecule has 262 valence electrons. The van der Waals surface area contributed by atoms with E-state index in [1.54, 1.807) is 23.9 Å². The van der Waals surface area contributed by atoms with Gasteiger partial charge in [-0.25, -0.2) is 24.9 Å². The number of aromatic nitrogens is 5. The quantitative estimate of drug-likeness (QED) is 0.169. The first-order chi connectivity index (χ1) is 27.7. The Morgan fingerprint density at radius 1 is 0.446 bits per heavy atom. The van der Waals surface area contributed by atoms with Gasteiger partial charge in [-0.1, -0.05) is 121 Å². The molecule has 0 aliphatic rings. The van der Waals surface area contributed by atoms with Gasteiger partial charge in [-0.15, -0.1) is 11.3 Å². The van der Waals surface area contributed by atoms with Gasteiger partial charge in [0, 0.05) is 53.8 Å². The van der Waals surface area contributed by atoms with Gasteiger partial charge >= 0.3 is 0 Å². The number of hydrogen-bond acceptors (Lipinski definition) is 7. The molecule has 0 bridgehead atoms. The van der Waals surface area contributed by atoms with Crippen LogP contribution in [-0.4, -0.2) is 24.9 Å². The first kappa shape index (κ1) is 32.1. The van der Waals surface area contributed by atoms with E-state index in [1.807, 2.05) is 54.6 Å². The summed E-state index contributed by atoms with van der Waals surface area (Å²) in [6.45, 7) is 0. The average Bonchev–Trinajstić information content (AvgIpc) is 3.85. The van der Waals surface area contributed by atoms with Gasteiger partial charge in [0.25, 0.3) is 0 Å². The Morgan fingerprint density at radius 2 is 1.09 bits per heavy atom. The Bertz CT molecular complexity index is 3240. The fourth-order valence-electron chi connectivity index (χ4n) is 7.65. The van der Waals surface area contributed by atoms with Crippen LogP contribution in [0.5, 0.6) is 0 Å². The number of furan rings is 1. The van der Waals surface area contributed by atoms with Gasteiger partial charge in [0.1, 0.15) is 17.5 Å². The van der Waals surface area contributed by atoms with E-state index in [4.69, 9.17) is 19.4 Å². The maximum atomic E-state index is 6.63. The topological polar surface area (TPSA) is 77.6 Å². The van der Waals surface area contributed by atoms with Crippen molar-refractivity contribution in [2.45, 2.75) is 0 Å². The molecule has 0 fully saturated rings. The first-order valence-corrected chi connectivity index (χ1v) is 19.2. The van der Waals surface area contributed by atoms with E-state index in [9.17, 15) is 0 Å². The lowest BCUT2D eigenvalue weighted by Crippen LogP contribution is -2.00. The fourth-order valence-corrected chi connectivity index (χ4v) is 8.87. The maximum Gasteiger partial charge on any atom is 0.167 e. The van der Waals surface area contributed by atoms with Crippen LogP contribution in [0, 0.1) is 0 Å². The van der Waals surface area contributed by atoms with Gasteiger partial charge in [0.05, 0.1) is 11.3 Å². The Balaban J connectivity index is 1.15. The molecule has 0 N–H and O–H groups in total. The summed E-state index contributed by atoms with van der Waals surface area (Å²) in [5.74, 6) is 1.72. The van der Waals surface area contributed by atoms with E-state index in [-0.39, 0.29) is 0 Å². The van der Waals surface area contributed by atoms with Crippen molar-refractivity contribution in [3.05, 3.63) is 176 Å². The molecule has 0 amide bonds. The smallest absolute Gasteiger partial charge is 0.167 e. The second-order valence-electron chi connectivity index (χ2n) is 13.7. The van der Waals surface area contributed by atoms with Crippen molar-refractivity contribution in [2.75, 3.05) is 0 Å². The lowest BCUT2D eigenvalue weighted by atomic mass is 9.97. The molecule has 0 saturated carbocycles. The summed E-state index contributed by atoms with van der Waals surface area (Å²) in [6.07, 6.45) is 3.39. The number of fused-ring (bicyclic) bond motifs is 6. The molecular formula is C49H29N5OS. The highest BCUT2D eigenvalue weighted by Crippen LogP contribution is 2.46. The molecule has 7 aromatic carbocycles. The minimum Gasteiger partial charge on any atom is -0.455 e. The summed E-state index contributed by atoms with van der Waals surface area (Å²) in [5.41, 5.74) is 10.7. The van der Waals surface area contributed by atoms with Crippen LogP contribution in [-0.2, 0) is 0 Å². The van der Waals surface area contributed by atoms with E-state index in [2.05, 4.69) is 119 Å². The van der Waals surface area contributed by atoms with Crippen molar-refractivity contribution in [3.63, 3.8) is 0 Å². The van der Waals surface area contributed by atoms with Crippen molar-refractivity contribution in [1.82, 2.24) is 24.9 Å². The first-order valence-electron chi connectivity index (χ1n) is 18.4. The second kappa shape index (κ2) is 13.2. The van der Waals surface area contributed by atoms with Crippen LogP contribution in [0.3, 0.4) is 0 Å². The summed E-state index contributed by atoms with van der Waals surface area (Å²) < 4.78 is 8.88. The van der Waals surface area contributed by atoms with Crippen molar-refractivity contribution in [1.29, 1.82) is 0 Å². The Hall–Kier alpha value is -7.35. The average molecular weight is 736 g/mol. The fraction of sp³-hybridized carbons (Fsp3) is 0. The normalized spacial score (nSPS) is 11.6.